The van der Waals surface area contributed by atoms with E-state index in [9.17, 15) is 4.79 Å². The van der Waals surface area contributed by atoms with Gasteiger partial charge >= 0.3 is 0 Å². The molecule has 3 aromatic carbocycles. The molecule has 0 fully saturated rings. The van der Waals surface area contributed by atoms with Gasteiger partial charge in [-0.3, -0.25) is 4.79 Å². The van der Waals surface area contributed by atoms with Crippen molar-refractivity contribution >= 4 is 28.4 Å². The number of carbonyl (C=O) groups excluding carboxylic acids is 1. The third kappa shape index (κ3) is 3.80. The van der Waals surface area contributed by atoms with Crippen LogP contribution in [-0.2, 0) is 4.79 Å². The van der Waals surface area contributed by atoms with Gasteiger partial charge in [0.15, 0.2) is 11.5 Å². The fourth-order valence-corrected chi connectivity index (χ4v) is 2.64. The summed E-state index contributed by atoms with van der Waals surface area (Å²) in [5, 5.41) is 5.02. The monoisotopic (exact) mass is 333 g/mol. The van der Waals surface area contributed by atoms with E-state index in [1.807, 2.05) is 54.6 Å². The van der Waals surface area contributed by atoms with Gasteiger partial charge in [-0.25, -0.2) is 0 Å². The highest BCUT2D eigenvalue weighted by atomic mass is 16.5. The molecule has 3 aromatic rings. The van der Waals surface area contributed by atoms with E-state index >= 15 is 0 Å². The summed E-state index contributed by atoms with van der Waals surface area (Å²) in [5.41, 5.74) is 1.64. The van der Waals surface area contributed by atoms with Gasteiger partial charge in [-0.05, 0) is 35.2 Å². The minimum Gasteiger partial charge on any atom is -0.493 e. The van der Waals surface area contributed by atoms with Crippen molar-refractivity contribution in [2.24, 2.45) is 0 Å². The smallest absolute Gasteiger partial charge is 0.248 e. The number of anilines is 1. The summed E-state index contributed by atoms with van der Waals surface area (Å²) >= 11 is 0. The molecule has 0 unspecified atom stereocenters. The van der Waals surface area contributed by atoms with E-state index in [4.69, 9.17) is 9.47 Å². The topological polar surface area (TPSA) is 47.6 Å². The molecular weight excluding hydrogens is 314 g/mol. The molecule has 0 atom stereocenters. The Kier molecular flexibility index (Phi) is 5.00. The molecule has 0 saturated heterocycles. The molecule has 4 nitrogen and oxygen atoms in total. The van der Waals surface area contributed by atoms with Gasteiger partial charge in [-0.1, -0.05) is 42.5 Å². The van der Waals surface area contributed by atoms with E-state index in [1.165, 1.54) is 6.08 Å². The molecule has 0 radical (unpaired) electrons. The minimum absolute atomic E-state index is 0.189. The van der Waals surface area contributed by atoms with E-state index < -0.39 is 0 Å². The zero-order chi connectivity index (χ0) is 17.6. The zero-order valence-corrected chi connectivity index (χ0v) is 14.2. The lowest BCUT2D eigenvalue weighted by Gasteiger charge is -2.08. The quantitative estimate of drug-likeness (QED) is 0.699. The van der Waals surface area contributed by atoms with Gasteiger partial charge in [0.05, 0.1) is 14.2 Å². The number of carbonyl (C=O) groups is 1. The van der Waals surface area contributed by atoms with Crippen molar-refractivity contribution < 1.29 is 14.3 Å². The molecule has 126 valence electrons. The van der Waals surface area contributed by atoms with Crippen molar-refractivity contribution in [3.63, 3.8) is 0 Å². The Morgan fingerprint density at radius 1 is 0.920 bits per heavy atom. The first kappa shape index (κ1) is 16.6. The number of methoxy groups -OCH3 is 2. The largest absolute Gasteiger partial charge is 0.493 e. The van der Waals surface area contributed by atoms with Crippen LogP contribution in [0.5, 0.6) is 11.5 Å². The van der Waals surface area contributed by atoms with Gasteiger partial charge in [0.2, 0.25) is 5.91 Å². The normalized spacial score (nSPS) is 10.8. The van der Waals surface area contributed by atoms with Crippen molar-refractivity contribution in [3.8, 4) is 11.5 Å². The van der Waals surface area contributed by atoms with E-state index in [0.717, 1.165) is 22.0 Å². The predicted octanol–water partition coefficient (Wildman–Crippen LogP) is 4.51. The van der Waals surface area contributed by atoms with Gasteiger partial charge in [-0.15, -0.1) is 0 Å². The summed E-state index contributed by atoms with van der Waals surface area (Å²) in [5.74, 6) is 1.09. The van der Waals surface area contributed by atoms with Crippen molar-refractivity contribution in [3.05, 3.63) is 72.3 Å². The fraction of sp³-hybridized carbons (Fsp3) is 0.0952. The summed E-state index contributed by atoms with van der Waals surface area (Å²) in [7, 11) is 3.17. The van der Waals surface area contributed by atoms with Gasteiger partial charge < -0.3 is 14.8 Å². The van der Waals surface area contributed by atoms with Gasteiger partial charge in [0.25, 0.3) is 0 Å². The van der Waals surface area contributed by atoms with Crippen LogP contribution in [-0.4, -0.2) is 20.1 Å². The molecule has 0 aliphatic carbocycles. The van der Waals surface area contributed by atoms with Crippen LogP contribution < -0.4 is 14.8 Å². The maximum absolute atomic E-state index is 12.3. The Balaban J connectivity index is 1.77. The summed E-state index contributed by atoms with van der Waals surface area (Å²) in [6, 6.07) is 19.3. The second-order valence-corrected chi connectivity index (χ2v) is 5.46. The van der Waals surface area contributed by atoms with Crippen LogP contribution in [0.15, 0.2) is 66.7 Å². The third-order valence-corrected chi connectivity index (χ3v) is 3.88. The molecule has 1 N–H and O–H groups in total. The standard InChI is InChI=1S/C21H19NO3/c1-24-19-12-10-15(14-20(19)25-2)11-13-21(23)22-18-9-5-7-16-6-3-4-8-17(16)18/h3-14H,1-2H3,(H,22,23)/b13-11+. The molecule has 0 aliphatic rings. The van der Waals surface area contributed by atoms with Crippen molar-refractivity contribution in [2.75, 3.05) is 19.5 Å². The highest BCUT2D eigenvalue weighted by Gasteiger charge is 2.05. The van der Waals surface area contributed by atoms with Gasteiger partial charge in [0, 0.05) is 17.1 Å². The number of nitrogens with one attached hydrogen (secondary N) is 1. The number of ether oxygens (including phenoxy) is 2. The second-order valence-electron chi connectivity index (χ2n) is 5.46. The summed E-state index contributed by atoms with van der Waals surface area (Å²) in [4.78, 5) is 12.3. The van der Waals surface area contributed by atoms with Gasteiger partial charge in [-0.2, -0.15) is 0 Å². The highest BCUT2D eigenvalue weighted by Crippen LogP contribution is 2.28. The molecule has 0 aliphatic heterocycles. The van der Waals surface area contributed by atoms with Crippen LogP contribution in [0.2, 0.25) is 0 Å². The molecule has 0 saturated carbocycles. The molecule has 25 heavy (non-hydrogen) atoms. The highest BCUT2D eigenvalue weighted by molar-refractivity contribution is 6.07. The molecule has 0 heterocycles. The van der Waals surface area contributed by atoms with Crippen LogP contribution in [0.4, 0.5) is 5.69 Å². The lowest BCUT2D eigenvalue weighted by molar-refractivity contribution is -0.111. The lowest BCUT2D eigenvalue weighted by Crippen LogP contribution is -2.08. The molecule has 4 heteroatoms. The number of hydrogen-bond donors (Lipinski definition) is 1. The Morgan fingerprint density at radius 2 is 1.68 bits per heavy atom. The Bertz CT molecular complexity index is 926. The van der Waals surface area contributed by atoms with Gasteiger partial charge in [0.1, 0.15) is 0 Å². The summed E-state index contributed by atoms with van der Waals surface area (Å²) < 4.78 is 10.5. The van der Waals surface area contributed by atoms with Crippen molar-refractivity contribution in [1.29, 1.82) is 0 Å². The Hall–Kier alpha value is -3.27. The minimum atomic E-state index is -0.189. The van der Waals surface area contributed by atoms with Crippen molar-refractivity contribution in [1.82, 2.24) is 0 Å². The molecular formula is C21H19NO3. The van der Waals surface area contributed by atoms with E-state index in [0.29, 0.717) is 11.5 Å². The number of fused-ring (bicyclic) bond motifs is 1. The van der Waals surface area contributed by atoms with Crippen LogP contribution in [0, 0.1) is 0 Å². The molecule has 3 rings (SSSR count). The predicted molar refractivity (Wildman–Crippen MR) is 101 cm³/mol. The lowest BCUT2D eigenvalue weighted by atomic mass is 10.1. The number of rotatable bonds is 5. The first-order valence-corrected chi connectivity index (χ1v) is 7.90. The SMILES string of the molecule is COc1ccc(/C=C/C(=O)Nc2cccc3ccccc23)cc1OC. The van der Waals surface area contributed by atoms with Crippen LogP contribution in [0.25, 0.3) is 16.8 Å². The van der Waals surface area contributed by atoms with Crippen LogP contribution in [0.1, 0.15) is 5.56 Å². The van der Waals surface area contributed by atoms with Crippen LogP contribution >= 0.6 is 0 Å². The first-order valence-electron chi connectivity index (χ1n) is 7.90. The summed E-state index contributed by atoms with van der Waals surface area (Å²) in [6.07, 6.45) is 3.24. The van der Waals surface area contributed by atoms with E-state index in [2.05, 4.69) is 5.32 Å². The Labute approximate surface area is 146 Å². The van der Waals surface area contributed by atoms with Crippen molar-refractivity contribution in [2.45, 2.75) is 0 Å². The number of amides is 1. The average Bonchev–Trinajstić information content (AvgIpc) is 2.66. The third-order valence-electron chi connectivity index (χ3n) is 3.88. The van der Waals surface area contributed by atoms with Crippen LogP contribution in [0.3, 0.4) is 0 Å². The Morgan fingerprint density at radius 3 is 2.48 bits per heavy atom. The maximum Gasteiger partial charge on any atom is 0.248 e. The molecule has 1 amide bonds. The van der Waals surface area contributed by atoms with E-state index in [1.54, 1.807) is 26.4 Å². The number of benzene rings is 3. The number of hydrogen-bond acceptors (Lipinski definition) is 3. The first-order chi connectivity index (χ1) is 12.2. The molecule has 0 spiro atoms. The fourth-order valence-electron chi connectivity index (χ4n) is 2.64. The summed E-state index contributed by atoms with van der Waals surface area (Å²) in [6.45, 7) is 0. The van der Waals surface area contributed by atoms with E-state index in [-0.39, 0.29) is 5.91 Å². The maximum atomic E-state index is 12.3. The molecule has 0 bridgehead atoms. The molecule has 0 aromatic heterocycles. The zero-order valence-electron chi connectivity index (χ0n) is 14.2. The second kappa shape index (κ2) is 7.53. The average molecular weight is 333 g/mol.